The number of nitrogens with two attached hydrogens (primary N) is 1. The molecule has 3 N–H and O–H groups in total. The number of nitro groups is 1. The number of carboxylic acid groups (broad SMARTS) is 1. The van der Waals surface area contributed by atoms with Crippen LogP contribution in [-0.2, 0) is 0 Å². The molecule has 0 unspecified atom stereocenters. The van der Waals surface area contributed by atoms with Crippen LogP contribution in [0.4, 0.5) is 11.5 Å². The highest BCUT2D eigenvalue weighted by molar-refractivity contribution is 5.88. The largest absolute Gasteiger partial charge is 0.478 e. The number of nitrogens with zero attached hydrogens (tertiary/aromatic N) is 3. The molecule has 0 spiro atoms. The fourth-order valence-corrected chi connectivity index (χ4v) is 2.14. The second-order valence-corrected chi connectivity index (χ2v) is 4.60. The van der Waals surface area contributed by atoms with E-state index in [-0.39, 0.29) is 17.1 Å². The molecule has 110 valence electrons. The van der Waals surface area contributed by atoms with E-state index >= 15 is 0 Å². The molecule has 2 aromatic heterocycles. The van der Waals surface area contributed by atoms with Gasteiger partial charge in [0.1, 0.15) is 17.2 Å². The fourth-order valence-electron chi connectivity index (χ4n) is 2.14. The molecule has 22 heavy (non-hydrogen) atoms. The Bertz CT molecular complexity index is 899. The Morgan fingerprint density at radius 3 is 2.50 bits per heavy atom. The van der Waals surface area contributed by atoms with Crippen molar-refractivity contribution in [1.82, 2.24) is 9.38 Å². The van der Waals surface area contributed by atoms with E-state index in [2.05, 4.69) is 4.98 Å². The Hall–Kier alpha value is -3.42. The molecule has 2 heterocycles. The summed E-state index contributed by atoms with van der Waals surface area (Å²) in [6.45, 7) is 0. The third-order valence-electron chi connectivity index (χ3n) is 3.25. The van der Waals surface area contributed by atoms with Gasteiger partial charge in [-0.3, -0.25) is 14.5 Å². The lowest BCUT2D eigenvalue weighted by molar-refractivity contribution is -0.384. The Balaban J connectivity index is 2.13. The monoisotopic (exact) mass is 298 g/mol. The lowest BCUT2D eigenvalue weighted by atomic mass is 10.1. The molecule has 8 heteroatoms. The highest BCUT2D eigenvalue weighted by atomic mass is 16.6. The summed E-state index contributed by atoms with van der Waals surface area (Å²) < 4.78 is 1.47. The summed E-state index contributed by atoms with van der Waals surface area (Å²) >= 11 is 0. The van der Waals surface area contributed by atoms with E-state index in [0.29, 0.717) is 16.9 Å². The van der Waals surface area contributed by atoms with Crippen LogP contribution in [0.1, 0.15) is 10.4 Å². The van der Waals surface area contributed by atoms with Gasteiger partial charge in [0, 0.05) is 23.9 Å². The number of benzene rings is 1. The number of rotatable bonds is 3. The topological polar surface area (TPSA) is 124 Å². The fraction of sp³-hybridized carbons (Fsp3) is 0. The number of imidazole rings is 1. The van der Waals surface area contributed by atoms with Crippen LogP contribution >= 0.6 is 0 Å². The number of aromatic nitrogens is 2. The number of nitro benzene ring substituents is 1. The number of hydrogen-bond donors (Lipinski definition) is 2. The molecule has 0 saturated heterocycles. The van der Waals surface area contributed by atoms with Gasteiger partial charge in [-0.05, 0) is 24.3 Å². The zero-order valence-electron chi connectivity index (χ0n) is 11.1. The van der Waals surface area contributed by atoms with Crippen LogP contribution in [0.5, 0.6) is 0 Å². The van der Waals surface area contributed by atoms with Crippen LogP contribution in [0, 0.1) is 10.1 Å². The van der Waals surface area contributed by atoms with Crippen LogP contribution < -0.4 is 5.73 Å². The van der Waals surface area contributed by atoms with Gasteiger partial charge in [-0.25, -0.2) is 9.78 Å². The average molecular weight is 298 g/mol. The van der Waals surface area contributed by atoms with Crippen molar-refractivity contribution in [2.45, 2.75) is 0 Å². The van der Waals surface area contributed by atoms with E-state index in [4.69, 9.17) is 10.8 Å². The molecule has 1 aromatic carbocycles. The summed E-state index contributed by atoms with van der Waals surface area (Å²) in [5.41, 5.74) is 7.63. The maximum atomic E-state index is 11.0. The Morgan fingerprint density at radius 2 is 1.91 bits per heavy atom. The molecule has 8 nitrogen and oxygen atoms in total. The number of hydrogen-bond acceptors (Lipinski definition) is 5. The highest BCUT2D eigenvalue weighted by Crippen LogP contribution is 2.28. The molecule has 0 aliphatic heterocycles. The number of fused-ring (bicyclic) bond motifs is 1. The quantitative estimate of drug-likeness (QED) is 0.564. The average Bonchev–Trinajstić information content (AvgIpc) is 2.84. The van der Waals surface area contributed by atoms with Crippen molar-refractivity contribution in [2.75, 3.05) is 5.73 Å². The van der Waals surface area contributed by atoms with Gasteiger partial charge in [-0.15, -0.1) is 0 Å². The van der Waals surface area contributed by atoms with Crippen molar-refractivity contribution in [1.29, 1.82) is 0 Å². The summed E-state index contributed by atoms with van der Waals surface area (Å²) in [6.07, 6.45) is 1.38. The van der Waals surface area contributed by atoms with Gasteiger partial charge in [0.15, 0.2) is 0 Å². The number of non-ortho nitro benzene ring substituents is 1. The zero-order valence-corrected chi connectivity index (χ0v) is 11.1. The SMILES string of the molecule is Nc1c(-c2ccc([N+](=O)[O-])cc2)nc2ccc(C(=O)O)cn12. The second kappa shape index (κ2) is 4.85. The van der Waals surface area contributed by atoms with Crippen molar-refractivity contribution in [3.05, 3.63) is 58.3 Å². The maximum Gasteiger partial charge on any atom is 0.337 e. The minimum atomic E-state index is -1.06. The van der Waals surface area contributed by atoms with Crippen LogP contribution in [0.15, 0.2) is 42.6 Å². The minimum absolute atomic E-state index is 0.0285. The van der Waals surface area contributed by atoms with E-state index in [9.17, 15) is 14.9 Å². The van der Waals surface area contributed by atoms with Crippen LogP contribution in [0.25, 0.3) is 16.9 Å². The van der Waals surface area contributed by atoms with Gasteiger partial charge in [-0.1, -0.05) is 0 Å². The maximum absolute atomic E-state index is 11.0. The lowest BCUT2D eigenvalue weighted by Gasteiger charge is -2.00. The van der Waals surface area contributed by atoms with Crippen molar-refractivity contribution in [3.63, 3.8) is 0 Å². The van der Waals surface area contributed by atoms with Crippen LogP contribution in [0.3, 0.4) is 0 Å². The Morgan fingerprint density at radius 1 is 1.23 bits per heavy atom. The molecule has 0 bridgehead atoms. The van der Waals surface area contributed by atoms with E-state index in [0.717, 1.165) is 0 Å². The first-order valence-corrected chi connectivity index (χ1v) is 6.23. The summed E-state index contributed by atoms with van der Waals surface area (Å²) in [6, 6.07) is 8.81. The predicted molar refractivity (Wildman–Crippen MR) is 78.7 cm³/mol. The normalized spacial score (nSPS) is 10.7. The van der Waals surface area contributed by atoms with E-state index in [1.54, 1.807) is 18.2 Å². The lowest BCUT2D eigenvalue weighted by Crippen LogP contribution is -2.00. The van der Waals surface area contributed by atoms with E-state index in [1.165, 1.54) is 28.8 Å². The van der Waals surface area contributed by atoms with Gasteiger partial charge in [0.2, 0.25) is 0 Å². The highest BCUT2D eigenvalue weighted by Gasteiger charge is 2.14. The van der Waals surface area contributed by atoms with Gasteiger partial charge >= 0.3 is 5.97 Å². The predicted octanol–water partition coefficient (Wildman–Crippen LogP) is 2.19. The van der Waals surface area contributed by atoms with Crippen LogP contribution in [0.2, 0.25) is 0 Å². The summed E-state index contributed by atoms with van der Waals surface area (Å²) in [4.78, 5) is 25.5. The van der Waals surface area contributed by atoms with E-state index < -0.39 is 10.9 Å². The molecular weight excluding hydrogens is 288 g/mol. The third kappa shape index (κ3) is 2.12. The molecule has 0 atom stereocenters. The summed E-state index contributed by atoms with van der Waals surface area (Å²) in [5, 5.41) is 19.7. The second-order valence-electron chi connectivity index (χ2n) is 4.60. The Kier molecular flexibility index (Phi) is 2.99. The van der Waals surface area contributed by atoms with Crippen LogP contribution in [-0.4, -0.2) is 25.4 Å². The molecule has 0 saturated carbocycles. The first-order chi connectivity index (χ1) is 10.5. The van der Waals surface area contributed by atoms with Crippen molar-refractivity contribution >= 4 is 23.1 Å². The van der Waals surface area contributed by atoms with Crippen molar-refractivity contribution in [3.8, 4) is 11.3 Å². The molecule has 0 aliphatic carbocycles. The molecule has 3 aromatic rings. The number of carbonyl (C=O) groups is 1. The molecular formula is C14H10N4O4. The number of aromatic carboxylic acids is 1. The molecule has 3 rings (SSSR count). The first kappa shape index (κ1) is 13.6. The number of nitrogen functional groups attached to an aromatic ring is 1. The van der Waals surface area contributed by atoms with Gasteiger partial charge in [0.05, 0.1) is 10.5 Å². The standard InChI is InChI=1S/C14H10N4O4/c15-13-12(8-1-4-10(5-2-8)18(21)22)16-11-6-3-9(14(19)20)7-17(11)13/h1-7H,15H2,(H,19,20). The molecule has 0 aliphatic rings. The molecule has 0 radical (unpaired) electrons. The molecule has 0 amide bonds. The Labute approximate surface area is 123 Å². The third-order valence-corrected chi connectivity index (χ3v) is 3.25. The van der Waals surface area contributed by atoms with Gasteiger partial charge < -0.3 is 10.8 Å². The van der Waals surface area contributed by atoms with Crippen molar-refractivity contribution < 1.29 is 14.8 Å². The smallest absolute Gasteiger partial charge is 0.337 e. The van der Waals surface area contributed by atoms with Gasteiger partial charge in [0.25, 0.3) is 5.69 Å². The van der Waals surface area contributed by atoms with E-state index in [1.807, 2.05) is 0 Å². The number of anilines is 1. The number of pyridine rings is 1. The summed E-state index contributed by atoms with van der Waals surface area (Å²) in [5.74, 6) is -0.793. The number of carboxylic acids is 1. The molecule has 0 fully saturated rings. The summed E-state index contributed by atoms with van der Waals surface area (Å²) in [7, 11) is 0. The zero-order chi connectivity index (χ0) is 15.9. The van der Waals surface area contributed by atoms with Gasteiger partial charge in [-0.2, -0.15) is 0 Å². The van der Waals surface area contributed by atoms with Crippen molar-refractivity contribution in [2.24, 2.45) is 0 Å². The minimum Gasteiger partial charge on any atom is -0.478 e. The first-order valence-electron chi connectivity index (χ1n) is 6.23.